The second-order valence-electron chi connectivity index (χ2n) is 6.00. The Balaban J connectivity index is 1.87. The third kappa shape index (κ3) is 2.78. The van der Waals surface area contributed by atoms with Crippen LogP contribution in [0.3, 0.4) is 0 Å². The maximum Gasteiger partial charge on any atom is 0.0693 e. The van der Waals surface area contributed by atoms with E-state index in [1.165, 1.54) is 38.5 Å². The average Bonchev–Trinajstić information content (AvgIpc) is 2.28. The summed E-state index contributed by atoms with van der Waals surface area (Å²) < 4.78 is 0. The molecule has 2 fully saturated rings. The molecule has 2 heteroatoms. The molecule has 0 spiro atoms. The molecular weight excluding hydrogens is 198 g/mol. The molecule has 5 unspecified atom stereocenters. The van der Waals surface area contributed by atoms with Crippen LogP contribution in [0, 0.1) is 11.8 Å². The van der Waals surface area contributed by atoms with Gasteiger partial charge in [-0.25, -0.2) is 0 Å². The van der Waals surface area contributed by atoms with E-state index in [1.807, 2.05) is 0 Å². The van der Waals surface area contributed by atoms with Crippen molar-refractivity contribution in [3.05, 3.63) is 0 Å². The van der Waals surface area contributed by atoms with Crippen molar-refractivity contribution in [3.8, 4) is 0 Å². The summed E-state index contributed by atoms with van der Waals surface area (Å²) in [6.07, 6.45) is 8.58. The number of hydrogen-bond donors (Lipinski definition) is 2. The lowest BCUT2D eigenvalue weighted by Crippen LogP contribution is -2.51. The van der Waals surface area contributed by atoms with Crippen molar-refractivity contribution in [2.75, 3.05) is 0 Å². The quantitative estimate of drug-likeness (QED) is 0.757. The van der Waals surface area contributed by atoms with E-state index < -0.39 is 0 Å². The van der Waals surface area contributed by atoms with E-state index in [-0.39, 0.29) is 6.10 Å². The van der Waals surface area contributed by atoms with Crippen molar-refractivity contribution in [3.63, 3.8) is 0 Å². The van der Waals surface area contributed by atoms with E-state index in [0.717, 1.165) is 18.3 Å². The Morgan fingerprint density at radius 1 is 0.875 bits per heavy atom. The van der Waals surface area contributed by atoms with Gasteiger partial charge in [-0.2, -0.15) is 0 Å². The van der Waals surface area contributed by atoms with Crippen molar-refractivity contribution < 1.29 is 5.11 Å². The van der Waals surface area contributed by atoms with Crippen LogP contribution < -0.4 is 5.32 Å². The van der Waals surface area contributed by atoms with E-state index in [1.54, 1.807) is 0 Å². The first-order valence-electron chi connectivity index (χ1n) is 7.12. The van der Waals surface area contributed by atoms with Crippen molar-refractivity contribution in [2.24, 2.45) is 11.8 Å². The zero-order valence-electron chi connectivity index (χ0n) is 10.8. The van der Waals surface area contributed by atoms with Gasteiger partial charge in [-0.15, -0.1) is 0 Å². The van der Waals surface area contributed by atoms with Crippen LogP contribution in [0.25, 0.3) is 0 Å². The predicted octanol–water partition coefficient (Wildman–Crippen LogP) is 2.70. The van der Waals surface area contributed by atoms with Gasteiger partial charge in [0.2, 0.25) is 0 Å². The molecule has 0 saturated heterocycles. The van der Waals surface area contributed by atoms with Gasteiger partial charge in [-0.3, -0.25) is 0 Å². The van der Waals surface area contributed by atoms with Crippen LogP contribution in [-0.2, 0) is 0 Å². The molecule has 2 nitrogen and oxygen atoms in total. The summed E-state index contributed by atoms with van der Waals surface area (Å²) in [5, 5.41) is 13.7. The number of hydrogen-bond acceptors (Lipinski definition) is 2. The van der Waals surface area contributed by atoms with Gasteiger partial charge < -0.3 is 10.4 Å². The highest BCUT2D eigenvalue weighted by Crippen LogP contribution is 2.31. The van der Waals surface area contributed by atoms with Gasteiger partial charge in [-0.05, 0) is 31.1 Å². The summed E-state index contributed by atoms with van der Waals surface area (Å²) in [5.74, 6) is 1.61. The summed E-state index contributed by atoms with van der Waals surface area (Å²) in [5.41, 5.74) is 0. The SMILES string of the molecule is CC1CCCC(NC2CCCCC2O)C1C. The molecule has 2 aliphatic carbocycles. The molecule has 2 N–H and O–H groups in total. The molecule has 16 heavy (non-hydrogen) atoms. The van der Waals surface area contributed by atoms with Crippen molar-refractivity contribution in [2.45, 2.75) is 77.0 Å². The van der Waals surface area contributed by atoms with Gasteiger partial charge in [-0.1, -0.05) is 39.5 Å². The number of aliphatic hydroxyl groups is 1. The molecule has 2 aliphatic rings. The minimum atomic E-state index is -0.0989. The van der Waals surface area contributed by atoms with E-state index in [2.05, 4.69) is 19.2 Å². The van der Waals surface area contributed by atoms with Crippen molar-refractivity contribution in [1.29, 1.82) is 0 Å². The molecule has 0 radical (unpaired) electrons. The zero-order valence-corrected chi connectivity index (χ0v) is 10.8. The van der Waals surface area contributed by atoms with E-state index >= 15 is 0 Å². The second kappa shape index (κ2) is 5.50. The van der Waals surface area contributed by atoms with E-state index in [9.17, 15) is 5.11 Å². The molecule has 94 valence electrons. The molecule has 2 saturated carbocycles. The van der Waals surface area contributed by atoms with E-state index in [0.29, 0.717) is 12.1 Å². The zero-order chi connectivity index (χ0) is 11.5. The highest BCUT2D eigenvalue weighted by atomic mass is 16.3. The van der Waals surface area contributed by atoms with Crippen LogP contribution >= 0.6 is 0 Å². The standard InChI is InChI=1S/C14H27NO/c1-10-6-5-8-12(11(10)2)15-13-7-3-4-9-14(13)16/h10-16H,3-9H2,1-2H3. The molecular formula is C14H27NO. The summed E-state index contributed by atoms with van der Waals surface area (Å²) in [6.45, 7) is 4.74. The smallest absolute Gasteiger partial charge is 0.0693 e. The number of nitrogens with one attached hydrogen (secondary N) is 1. The average molecular weight is 225 g/mol. The molecule has 0 aromatic carbocycles. The first kappa shape index (κ1) is 12.4. The van der Waals surface area contributed by atoms with Gasteiger partial charge in [0.05, 0.1) is 6.10 Å². The normalized spacial score (nSPS) is 45.6. The second-order valence-corrected chi connectivity index (χ2v) is 6.00. The Morgan fingerprint density at radius 3 is 2.31 bits per heavy atom. The Labute approximate surface area is 99.8 Å². The Kier molecular flexibility index (Phi) is 4.26. The van der Waals surface area contributed by atoms with Gasteiger partial charge >= 0.3 is 0 Å². The van der Waals surface area contributed by atoms with E-state index in [4.69, 9.17) is 0 Å². The lowest BCUT2D eigenvalue weighted by Gasteiger charge is -2.39. The van der Waals surface area contributed by atoms with Gasteiger partial charge in [0.15, 0.2) is 0 Å². The molecule has 0 aliphatic heterocycles. The fraction of sp³-hybridized carbons (Fsp3) is 1.00. The van der Waals surface area contributed by atoms with Crippen molar-refractivity contribution in [1.82, 2.24) is 5.32 Å². The fourth-order valence-electron chi connectivity index (χ4n) is 3.40. The monoisotopic (exact) mass is 225 g/mol. The fourth-order valence-corrected chi connectivity index (χ4v) is 3.40. The maximum absolute atomic E-state index is 9.99. The first-order valence-corrected chi connectivity index (χ1v) is 7.12. The van der Waals surface area contributed by atoms with Crippen LogP contribution in [0.2, 0.25) is 0 Å². The summed E-state index contributed by atoms with van der Waals surface area (Å²) in [4.78, 5) is 0. The van der Waals surface area contributed by atoms with Gasteiger partial charge in [0, 0.05) is 12.1 Å². The summed E-state index contributed by atoms with van der Waals surface area (Å²) in [6, 6.07) is 1.01. The Hall–Kier alpha value is -0.0800. The summed E-state index contributed by atoms with van der Waals surface area (Å²) >= 11 is 0. The number of rotatable bonds is 2. The minimum Gasteiger partial charge on any atom is -0.392 e. The Morgan fingerprint density at radius 2 is 1.56 bits per heavy atom. The maximum atomic E-state index is 9.99. The molecule has 2 rings (SSSR count). The highest BCUT2D eigenvalue weighted by molar-refractivity contribution is 4.88. The highest BCUT2D eigenvalue weighted by Gasteiger charge is 2.31. The third-order valence-corrected chi connectivity index (χ3v) is 4.86. The van der Waals surface area contributed by atoms with Crippen LogP contribution in [-0.4, -0.2) is 23.3 Å². The van der Waals surface area contributed by atoms with Crippen LogP contribution in [0.4, 0.5) is 0 Å². The van der Waals surface area contributed by atoms with Crippen LogP contribution in [0.1, 0.15) is 58.8 Å². The summed E-state index contributed by atoms with van der Waals surface area (Å²) in [7, 11) is 0. The first-order chi connectivity index (χ1) is 7.68. The number of aliphatic hydroxyl groups excluding tert-OH is 1. The minimum absolute atomic E-state index is 0.0989. The largest absolute Gasteiger partial charge is 0.392 e. The molecule has 5 atom stereocenters. The Bertz CT molecular complexity index is 219. The topological polar surface area (TPSA) is 32.3 Å². The van der Waals surface area contributed by atoms with Crippen LogP contribution in [0.15, 0.2) is 0 Å². The van der Waals surface area contributed by atoms with Crippen LogP contribution in [0.5, 0.6) is 0 Å². The molecule has 0 aromatic heterocycles. The predicted molar refractivity (Wildman–Crippen MR) is 67.4 cm³/mol. The lowest BCUT2D eigenvalue weighted by molar-refractivity contribution is 0.0701. The third-order valence-electron chi connectivity index (χ3n) is 4.86. The van der Waals surface area contributed by atoms with Gasteiger partial charge in [0.1, 0.15) is 0 Å². The molecule has 0 heterocycles. The van der Waals surface area contributed by atoms with Gasteiger partial charge in [0.25, 0.3) is 0 Å². The molecule has 0 bridgehead atoms. The lowest BCUT2D eigenvalue weighted by atomic mass is 9.77. The molecule has 0 amide bonds. The molecule has 0 aromatic rings. The van der Waals surface area contributed by atoms with Crippen molar-refractivity contribution >= 4 is 0 Å².